The molecule has 0 saturated carbocycles. The van der Waals surface area contributed by atoms with Crippen molar-refractivity contribution < 1.29 is 14.6 Å². The van der Waals surface area contributed by atoms with Crippen molar-refractivity contribution in [3.63, 3.8) is 0 Å². The van der Waals surface area contributed by atoms with Crippen LogP contribution in [0.2, 0.25) is 0 Å². The summed E-state index contributed by atoms with van der Waals surface area (Å²) < 4.78 is 6.27. The van der Waals surface area contributed by atoms with Crippen LogP contribution in [-0.2, 0) is 16.6 Å². The lowest BCUT2D eigenvalue weighted by Crippen LogP contribution is -2.10. The highest BCUT2D eigenvalue weighted by Gasteiger charge is 2.14. The van der Waals surface area contributed by atoms with Gasteiger partial charge in [0.25, 0.3) is 0 Å². The minimum Gasteiger partial charge on any atom is -0.481 e. The second-order valence-corrected chi connectivity index (χ2v) is 9.15. The van der Waals surface area contributed by atoms with Gasteiger partial charge in [0, 0.05) is 6.42 Å². The Bertz CT molecular complexity index is 1250. The lowest BCUT2D eigenvalue weighted by molar-refractivity contribution is -0.136. The van der Waals surface area contributed by atoms with Crippen LogP contribution in [0.5, 0.6) is 11.5 Å². The summed E-state index contributed by atoms with van der Waals surface area (Å²) in [5.74, 6) is 0.620. The van der Waals surface area contributed by atoms with Crippen LogP contribution >= 0.6 is 0 Å². The fourth-order valence-corrected chi connectivity index (χ4v) is 3.80. The van der Waals surface area contributed by atoms with Crippen molar-refractivity contribution in [3.8, 4) is 22.6 Å². The van der Waals surface area contributed by atoms with E-state index >= 15 is 0 Å². The lowest BCUT2D eigenvalue weighted by atomic mass is 9.87. The fourth-order valence-electron chi connectivity index (χ4n) is 3.80. The summed E-state index contributed by atoms with van der Waals surface area (Å²) in [6, 6.07) is 28.8. The van der Waals surface area contributed by atoms with Crippen molar-refractivity contribution in [2.45, 2.75) is 39.0 Å². The van der Waals surface area contributed by atoms with E-state index in [1.54, 1.807) is 0 Å². The maximum atomic E-state index is 11.1. The van der Waals surface area contributed by atoms with Crippen LogP contribution in [0.4, 0.5) is 0 Å². The Hall–Kier alpha value is -3.59. The minimum atomic E-state index is -0.816. The number of hydrogen-bond acceptors (Lipinski definition) is 2. The van der Waals surface area contributed by atoms with Crippen LogP contribution in [0.3, 0.4) is 0 Å². The summed E-state index contributed by atoms with van der Waals surface area (Å²) in [5.41, 5.74) is 4.33. The lowest BCUT2D eigenvalue weighted by Gasteiger charge is -2.19. The third-order valence-corrected chi connectivity index (χ3v) is 5.71. The molecule has 0 aliphatic carbocycles. The van der Waals surface area contributed by atoms with E-state index in [-0.39, 0.29) is 11.8 Å². The van der Waals surface area contributed by atoms with Gasteiger partial charge in [-0.15, -0.1) is 0 Å². The molecule has 0 atom stereocenters. The van der Waals surface area contributed by atoms with Crippen molar-refractivity contribution >= 4 is 16.7 Å². The van der Waals surface area contributed by atoms with Gasteiger partial charge in [-0.25, -0.2) is 0 Å². The molecule has 32 heavy (non-hydrogen) atoms. The van der Waals surface area contributed by atoms with Crippen LogP contribution in [0, 0.1) is 0 Å². The highest BCUT2D eigenvalue weighted by Crippen LogP contribution is 2.34. The Morgan fingerprint density at radius 2 is 1.47 bits per heavy atom. The van der Waals surface area contributed by atoms with Gasteiger partial charge in [-0.2, -0.15) is 0 Å². The number of fused-ring (bicyclic) bond motifs is 1. The molecule has 4 rings (SSSR count). The summed E-state index contributed by atoms with van der Waals surface area (Å²) in [6.07, 6.45) is 0.484. The summed E-state index contributed by atoms with van der Waals surface area (Å²) in [6.45, 7) is 6.54. The monoisotopic (exact) mass is 424 g/mol. The van der Waals surface area contributed by atoms with Gasteiger partial charge in [-0.1, -0.05) is 81.4 Å². The first-order chi connectivity index (χ1) is 15.3. The first-order valence-corrected chi connectivity index (χ1v) is 10.9. The van der Waals surface area contributed by atoms with E-state index in [2.05, 4.69) is 63.2 Å². The van der Waals surface area contributed by atoms with E-state index in [0.717, 1.165) is 22.4 Å². The number of benzene rings is 4. The van der Waals surface area contributed by atoms with Crippen LogP contribution in [-0.4, -0.2) is 11.1 Å². The molecule has 0 aliphatic heterocycles. The molecule has 0 heterocycles. The third kappa shape index (κ3) is 5.00. The molecule has 4 aromatic rings. The van der Waals surface area contributed by atoms with E-state index in [4.69, 9.17) is 9.84 Å². The van der Waals surface area contributed by atoms with Gasteiger partial charge < -0.3 is 9.84 Å². The second-order valence-electron chi connectivity index (χ2n) is 9.15. The summed E-state index contributed by atoms with van der Waals surface area (Å²) in [4.78, 5) is 11.1. The normalized spacial score (nSPS) is 11.5. The minimum absolute atomic E-state index is 0.0641. The topological polar surface area (TPSA) is 46.5 Å². The van der Waals surface area contributed by atoms with Gasteiger partial charge in [0.1, 0.15) is 11.5 Å². The number of aliphatic carboxylic acids is 1. The number of carboxylic acids is 1. The van der Waals surface area contributed by atoms with E-state index in [9.17, 15) is 4.79 Å². The van der Waals surface area contributed by atoms with E-state index in [0.29, 0.717) is 12.2 Å². The Morgan fingerprint density at radius 3 is 2.16 bits per heavy atom. The van der Waals surface area contributed by atoms with E-state index in [1.807, 2.05) is 42.5 Å². The predicted molar refractivity (Wildman–Crippen MR) is 131 cm³/mol. The molecule has 0 spiro atoms. The number of carbonyl (C=O) groups is 1. The maximum Gasteiger partial charge on any atom is 0.303 e. The zero-order valence-electron chi connectivity index (χ0n) is 18.8. The average Bonchev–Trinajstić information content (AvgIpc) is 2.77. The molecule has 0 unspecified atom stereocenters. The van der Waals surface area contributed by atoms with Gasteiger partial charge in [0.2, 0.25) is 0 Å². The first-order valence-electron chi connectivity index (χ1n) is 10.9. The molecular weight excluding hydrogens is 396 g/mol. The number of ether oxygens (including phenoxy) is 1. The molecule has 0 saturated heterocycles. The van der Waals surface area contributed by atoms with Crippen molar-refractivity contribution in [2.24, 2.45) is 0 Å². The molecule has 0 bridgehead atoms. The van der Waals surface area contributed by atoms with Gasteiger partial charge in [-0.05, 0) is 69.1 Å². The number of hydrogen-bond donors (Lipinski definition) is 1. The average molecular weight is 425 g/mol. The van der Waals surface area contributed by atoms with Crippen LogP contribution in [0.25, 0.3) is 21.9 Å². The molecule has 0 aromatic heterocycles. The Balaban J connectivity index is 1.69. The maximum absolute atomic E-state index is 11.1. The number of rotatable bonds is 6. The standard InChI is InChI=1S/C29H28O3/c1-29(2,3)25-13-15-26(16-14-25)32-27-19-24(11-9-21(27)12-17-28(30)31)23-10-8-20-6-4-5-7-22(20)18-23/h4-11,13-16,18-19H,12,17H2,1-3H3,(H,30,31). The number of aryl methyl sites for hydroxylation is 1. The van der Waals surface area contributed by atoms with Crippen molar-refractivity contribution in [3.05, 3.63) is 96.1 Å². The Labute approximate surface area is 189 Å². The van der Waals surface area contributed by atoms with Crippen molar-refractivity contribution in [2.75, 3.05) is 0 Å². The molecule has 0 radical (unpaired) electrons. The first kappa shape index (κ1) is 21.6. The highest BCUT2D eigenvalue weighted by molar-refractivity contribution is 5.87. The Kier molecular flexibility index (Phi) is 6.00. The third-order valence-electron chi connectivity index (χ3n) is 5.71. The van der Waals surface area contributed by atoms with Gasteiger partial charge in [0.05, 0.1) is 0 Å². The van der Waals surface area contributed by atoms with E-state index in [1.165, 1.54) is 16.3 Å². The largest absolute Gasteiger partial charge is 0.481 e. The zero-order valence-corrected chi connectivity index (χ0v) is 18.8. The SMILES string of the molecule is CC(C)(C)c1ccc(Oc2cc(-c3ccc4ccccc4c3)ccc2CCC(=O)O)cc1. The molecule has 3 heteroatoms. The molecule has 4 aromatic carbocycles. The molecule has 0 amide bonds. The molecule has 0 aliphatic rings. The highest BCUT2D eigenvalue weighted by atomic mass is 16.5. The predicted octanol–water partition coefficient (Wildman–Crippen LogP) is 7.61. The molecule has 3 nitrogen and oxygen atoms in total. The number of carboxylic acid groups (broad SMARTS) is 1. The second kappa shape index (κ2) is 8.88. The van der Waals surface area contributed by atoms with Crippen LogP contribution < -0.4 is 4.74 Å². The quantitative estimate of drug-likeness (QED) is 0.346. The molecule has 0 fully saturated rings. The smallest absolute Gasteiger partial charge is 0.303 e. The van der Waals surface area contributed by atoms with Crippen LogP contribution in [0.15, 0.2) is 84.9 Å². The van der Waals surface area contributed by atoms with Gasteiger partial charge in [0.15, 0.2) is 0 Å². The fraction of sp³-hybridized carbons (Fsp3) is 0.207. The van der Waals surface area contributed by atoms with Crippen molar-refractivity contribution in [1.82, 2.24) is 0 Å². The van der Waals surface area contributed by atoms with Crippen LogP contribution in [0.1, 0.15) is 38.3 Å². The summed E-state index contributed by atoms with van der Waals surface area (Å²) in [5, 5.41) is 11.5. The summed E-state index contributed by atoms with van der Waals surface area (Å²) in [7, 11) is 0. The van der Waals surface area contributed by atoms with Gasteiger partial charge >= 0.3 is 5.97 Å². The molecule has 1 N–H and O–H groups in total. The van der Waals surface area contributed by atoms with Gasteiger partial charge in [-0.3, -0.25) is 4.79 Å². The molecular formula is C29H28O3. The summed E-state index contributed by atoms with van der Waals surface area (Å²) >= 11 is 0. The Morgan fingerprint density at radius 1 is 0.812 bits per heavy atom. The van der Waals surface area contributed by atoms with Crippen molar-refractivity contribution in [1.29, 1.82) is 0 Å². The van der Waals surface area contributed by atoms with E-state index < -0.39 is 5.97 Å². The zero-order chi connectivity index (χ0) is 22.7. The molecule has 162 valence electrons.